The third kappa shape index (κ3) is 3.01. The number of thiophene rings is 1. The summed E-state index contributed by atoms with van der Waals surface area (Å²) in [5.74, 6) is 1.10. The maximum Gasteiger partial charge on any atom is 0.249 e. The number of hydrogen-bond acceptors (Lipinski definition) is 5. The molecule has 3 rings (SSSR count). The molecular weight excluding hydrogens is 350 g/mol. The molecule has 6 heteroatoms. The molecule has 0 bridgehead atoms. The summed E-state index contributed by atoms with van der Waals surface area (Å²) in [6.07, 6.45) is 0. The molecule has 4 nitrogen and oxygen atoms in total. The molecule has 1 unspecified atom stereocenters. The van der Waals surface area contributed by atoms with Crippen LogP contribution in [0.2, 0.25) is 0 Å². The van der Waals surface area contributed by atoms with Gasteiger partial charge in [-0.2, -0.15) is 0 Å². The minimum absolute atomic E-state index is 0.185. The normalized spacial score (nSPS) is 12.3. The smallest absolute Gasteiger partial charge is 0.249 e. The van der Waals surface area contributed by atoms with Crippen LogP contribution < -0.4 is 5.32 Å². The number of rotatable bonds is 4. The molecular formula is C15H14BrN3OS. The highest BCUT2D eigenvalue weighted by atomic mass is 79.9. The van der Waals surface area contributed by atoms with Crippen LogP contribution >= 0.6 is 27.3 Å². The van der Waals surface area contributed by atoms with Crippen molar-refractivity contribution in [1.29, 1.82) is 0 Å². The number of nitrogens with one attached hydrogen (secondary N) is 1. The zero-order valence-corrected chi connectivity index (χ0v) is 14.0. The maximum absolute atomic E-state index is 5.54. The Labute approximate surface area is 135 Å². The molecule has 0 amide bonds. The summed E-state index contributed by atoms with van der Waals surface area (Å²) >= 11 is 5.30. The third-order valence-electron chi connectivity index (χ3n) is 3.09. The van der Waals surface area contributed by atoms with Gasteiger partial charge in [0.25, 0.3) is 0 Å². The van der Waals surface area contributed by atoms with Crippen molar-refractivity contribution in [3.8, 4) is 11.5 Å². The van der Waals surface area contributed by atoms with E-state index in [1.54, 1.807) is 18.3 Å². The van der Waals surface area contributed by atoms with Gasteiger partial charge < -0.3 is 9.73 Å². The van der Waals surface area contributed by atoms with Crippen molar-refractivity contribution < 1.29 is 4.42 Å². The summed E-state index contributed by atoms with van der Waals surface area (Å²) < 4.78 is 6.66. The number of para-hydroxylation sites is 1. The highest BCUT2D eigenvalue weighted by Crippen LogP contribution is 2.34. The molecule has 0 spiro atoms. The number of benzene rings is 1. The molecule has 3 aromatic rings. The Hall–Kier alpha value is -1.66. The fraction of sp³-hybridized carbons (Fsp3) is 0.200. The lowest BCUT2D eigenvalue weighted by atomic mass is 10.1. The number of halogens is 1. The van der Waals surface area contributed by atoms with E-state index in [2.05, 4.69) is 49.8 Å². The Bertz CT molecular complexity index is 753. The number of aromatic nitrogens is 2. The molecule has 0 aliphatic carbocycles. The number of nitrogens with zero attached hydrogens (tertiary/aromatic N) is 2. The summed E-state index contributed by atoms with van der Waals surface area (Å²) in [6.45, 7) is 3.92. The molecule has 108 valence electrons. The molecule has 0 saturated carbocycles. The van der Waals surface area contributed by atoms with Crippen LogP contribution in [0.3, 0.4) is 0 Å². The SMILES string of the molecule is Cc1nnc(-c2ccccc2NC(C)c2sccc2Br)o1. The van der Waals surface area contributed by atoms with Crippen molar-refractivity contribution in [3.05, 3.63) is 51.0 Å². The quantitative estimate of drug-likeness (QED) is 0.705. The zero-order valence-electron chi connectivity index (χ0n) is 11.6. The van der Waals surface area contributed by atoms with E-state index in [1.807, 2.05) is 24.3 Å². The van der Waals surface area contributed by atoms with E-state index in [4.69, 9.17) is 4.42 Å². The molecule has 2 aromatic heterocycles. The Morgan fingerprint density at radius 1 is 1.24 bits per heavy atom. The fourth-order valence-electron chi connectivity index (χ4n) is 2.11. The van der Waals surface area contributed by atoms with Gasteiger partial charge in [-0.3, -0.25) is 0 Å². The maximum atomic E-state index is 5.54. The first-order valence-corrected chi connectivity index (χ1v) is 8.21. The topological polar surface area (TPSA) is 51.0 Å². The first kappa shape index (κ1) is 14.3. The number of anilines is 1. The standard InChI is InChI=1S/C15H14BrN3OS/c1-9(14-12(16)7-8-21-14)17-13-6-4-3-5-11(13)15-19-18-10(2)20-15/h3-9,17H,1-2H3. The van der Waals surface area contributed by atoms with Gasteiger partial charge in [0.05, 0.1) is 11.6 Å². The van der Waals surface area contributed by atoms with Gasteiger partial charge in [-0.25, -0.2) is 0 Å². The van der Waals surface area contributed by atoms with Gasteiger partial charge in [0, 0.05) is 22.0 Å². The van der Waals surface area contributed by atoms with Crippen LogP contribution in [-0.2, 0) is 0 Å². The van der Waals surface area contributed by atoms with E-state index in [0.29, 0.717) is 11.8 Å². The molecule has 2 heterocycles. The van der Waals surface area contributed by atoms with E-state index in [1.165, 1.54) is 4.88 Å². The highest BCUT2D eigenvalue weighted by molar-refractivity contribution is 9.10. The average Bonchev–Trinajstić information content (AvgIpc) is 3.08. The molecule has 21 heavy (non-hydrogen) atoms. The zero-order chi connectivity index (χ0) is 14.8. The molecule has 0 radical (unpaired) electrons. The summed E-state index contributed by atoms with van der Waals surface area (Å²) in [4.78, 5) is 1.26. The summed E-state index contributed by atoms with van der Waals surface area (Å²) in [5.41, 5.74) is 1.89. The predicted octanol–water partition coefficient (Wildman–Crippen LogP) is 5.04. The van der Waals surface area contributed by atoms with E-state index < -0.39 is 0 Å². The van der Waals surface area contributed by atoms with Crippen molar-refractivity contribution in [2.24, 2.45) is 0 Å². The fourth-order valence-corrected chi connectivity index (χ4v) is 3.84. The van der Waals surface area contributed by atoms with Crippen LogP contribution in [0.1, 0.15) is 23.7 Å². The van der Waals surface area contributed by atoms with Crippen LogP contribution in [0.15, 0.2) is 44.6 Å². The van der Waals surface area contributed by atoms with Gasteiger partial charge in [-0.1, -0.05) is 12.1 Å². The Kier molecular flexibility index (Phi) is 4.07. The first-order chi connectivity index (χ1) is 10.1. The average molecular weight is 364 g/mol. The van der Waals surface area contributed by atoms with Crippen LogP contribution in [0.25, 0.3) is 11.5 Å². The summed E-state index contributed by atoms with van der Waals surface area (Å²) in [5, 5.41) is 13.6. The van der Waals surface area contributed by atoms with E-state index in [0.717, 1.165) is 15.7 Å². The van der Waals surface area contributed by atoms with Crippen LogP contribution in [0.4, 0.5) is 5.69 Å². The minimum atomic E-state index is 0.185. The van der Waals surface area contributed by atoms with Crippen molar-refractivity contribution in [2.45, 2.75) is 19.9 Å². The molecule has 1 N–H and O–H groups in total. The largest absolute Gasteiger partial charge is 0.421 e. The third-order valence-corrected chi connectivity index (χ3v) is 5.15. The molecule has 1 aromatic carbocycles. The summed E-state index contributed by atoms with van der Waals surface area (Å²) in [7, 11) is 0. The second kappa shape index (κ2) is 5.99. The van der Waals surface area contributed by atoms with E-state index >= 15 is 0 Å². The van der Waals surface area contributed by atoms with Gasteiger partial charge in [-0.05, 0) is 46.4 Å². The van der Waals surface area contributed by atoms with Gasteiger partial charge >= 0.3 is 0 Å². The Morgan fingerprint density at radius 3 is 2.71 bits per heavy atom. The predicted molar refractivity (Wildman–Crippen MR) is 88.5 cm³/mol. The van der Waals surface area contributed by atoms with Crippen LogP contribution in [-0.4, -0.2) is 10.2 Å². The van der Waals surface area contributed by atoms with Gasteiger partial charge in [0.15, 0.2) is 0 Å². The number of aryl methyl sites for hydroxylation is 1. The van der Waals surface area contributed by atoms with Crippen molar-refractivity contribution >= 4 is 33.0 Å². The monoisotopic (exact) mass is 363 g/mol. The summed E-state index contributed by atoms with van der Waals surface area (Å²) in [6, 6.07) is 10.2. The molecule has 0 saturated heterocycles. The van der Waals surface area contributed by atoms with Crippen molar-refractivity contribution in [1.82, 2.24) is 10.2 Å². The lowest BCUT2D eigenvalue weighted by Gasteiger charge is -2.16. The number of hydrogen-bond donors (Lipinski definition) is 1. The second-order valence-corrected chi connectivity index (χ2v) is 6.47. The second-order valence-electron chi connectivity index (χ2n) is 4.67. The van der Waals surface area contributed by atoms with Gasteiger partial charge in [0.2, 0.25) is 11.8 Å². The van der Waals surface area contributed by atoms with Crippen molar-refractivity contribution in [2.75, 3.05) is 5.32 Å². The molecule has 0 aliphatic heterocycles. The van der Waals surface area contributed by atoms with Gasteiger partial charge in [-0.15, -0.1) is 21.5 Å². The Morgan fingerprint density at radius 2 is 2.05 bits per heavy atom. The molecule has 0 aliphatic rings. The molecule has 1 atom stereocenters. The van der Waals surface area contributed by atoms with E-state index in [9.17, 15) is 0 Å². The molecule has 0 fully saturated rings. The lowest BCUT2D eigenvalue weighted by Crippen LogP contribution is -2.06. The lowest BCUT2D eigenvalue weighted by molar-refractivity contribution is 0.533. The van der Waals surface area contributed by atoms with Crippen molar-refractivity contribution in [3.63, 3.8) is 0 Å². The van der Waals surface area contributed by atoms with Gasteiger partial charge in [0.1, 0.15) is 0 Å². The van der Waals surface area contributed by atoms with Crippen LogP contribution in [0, 0.1) is 6.92 Å². The highest BCUT2D eigenvalue weighted by Gasteiger charge is 2.15. The van der Waals surface area contributed by atoms with E-state index in [-0.39, 0.29) is 6.04 Å². The first-order valence-electron chi connectivity index (χ1n) is 6.54. The Balaban J connectivity index is 1.91. The minimum Gasteiger partial charge on any atom is -0.421 e. The van der Waals surface area contributed by atoms with Crippen LogP contribution in [0.5, 0.6) is 0 Å².